The van der Waals surface area contributed by atoms with E-state index < -0.39 is 8.32 Å². The Labute approximate surface area is 221 Å². The molecule has 0 saturated heterocycles. The van der Waals surface area contributed by atoms with E-state index in [1.807, 2.05) is 0 Å². The molecule has 1 aromatic rings. The molecule has 0 radical (unpaired) electrons. The van der Waals surface area contributed by atoms with E-state index in [0.29, 0.717) is 0 Å². The highest BCUT2D eigenvalue weighted by Gasteiger charge is 2.33. The number of rotatable bonds is 25. The van der Waals surface area contributed by atoms with Gasteiger partial charge in [-0.1, -0.05) is 148 Å². The normalized spacial score (nSPS) is 11.8. The zero-order chi connectivity index (χ0) is 25.5. The van der Waals surface area contributed by atoms with E-state index in [9.17, 15) is 0 Å². The van der Waals surface area contributed by atoms with Gasteiger partial charge in [0.1, 0.15) is 5.75 Å². The van der Waals surface area contributed by atoms with Crippen molar-refractivity contribution in [2.75, 3.05) is 7.11 Å². The average molecular weight is 505 g/mol. The molecule has 2 nitrogen and oxygen atoms in total. The van der Waals surface area contributed by atoms with Gasteiger partial charge in [-0.2, -0.15) is 0 Å². The minimum atomic E-state index is -1.74. The lowest BCUT2D eigenvalue weighted by Crippen LogP contribution is -2.38. The number of hydrogen-bond donors (Lipinski definition) is 0. The molecule has 0 saturated carbocycles. The van der Waals surface area contributed by atoms with Crippen LogP contribution in [-0.4, -0.2) is 15.4 Å². The van der Waals surface area contributed by atoms with E-state index in [2.05, 4.69) is 45.0 Å². The van der Waals surface area contributed by atoms with Crippen molar-refractivity contribution in [2.45, 2.75) is 161 Å². The summed E-state index contributed by atoms with van der Waals surface area (Å²) in [6.07, 6.45) is 25.0. The van der Waals surface area contributed by atoms with E-state index in [4.69, 9.17) is 9.16 Å². The Hall–Kier alpha value is -0.803. The minimum Gasteiger partial charge on any atom is -0.497 e. The number of benzene rings is 1. The molecule has 204 valence electrons. The predicted molar refractivity (Wildman–Crippen MR) is 158 cm³/mol. The maximum Gasteiger partial charge on any atom is 0.193 e. The molecule has 0 N–H and O–H groups in total. The Kier molecular flexibility index (Phi) is 20.6. The van der Waals surface area contributed by atoms with Crippen molar-refractivity contribution in [1.29, 1.82) is 0 Å². The van der Waals surface area contributed by atoms with Crippen molar-refractivity contribution >= 4 is 8.32 Å². The van der Waals surface area contributed by atoms with Gasteiger partial charge in [0.05, 0.1) is 13.7 Å². The van der Waals surface area contributed by atoms with Gasteiger partial charge < -0.3 is 9.16 Å². The highest BCUT2D eigenvalue weighted by Crippen LogP contribution is 2.32. The van der Waals surface area contributed by atoms with Crippen LogP contribution in [0.5, 0.6) is 5.75 Å². The largest absolute Gasteiger partial charge is 0.497 e. The van der Waals surface area contributed by atoms with Crippen LogP contribution in [0.3, 0.4) is 0 Å². The third-order valence-electron chi connectivity index (χ3n) is 7.66. The molecule has 0 spiro atoms. The average Bonchev–Trinajstić information content (AvgIpc) is 2.89. The summed E-state index contributed by atoms with van der Waals surface area (Å²) in [5, 5.41) is 0. The quantitative estimate of drug-likeness (QED) is 0.0973. The van der Waals surface area contributed by atoms with Crippen LogP contribution < -0.4 is 4.74 Å². The van der Waals surface area contributed by atoms with Crippen LogP contribution in [0.25, 0.3) is 0 Å². The molecule has 1 aromatic carbocycles. The van der Waals surface area contributed by atoms with E-state index in [1.165, 1.54) is 139 Å². The van der Waals surface area contributed by atoms with Gasteiger partial charge in [0.25, 0.3) is 0 Å². The van der Waals surface area contributed by atoms with Gasteiger partial charge in [0.15, 0.2) is 8.32 Å². The fourth-order valence-electron chi connectivity index (χ4n) is 5.23. The van der Waals surface area contributed by atoms with E-state index in [1.54, 1.807) is 7.11 Å². The minimum absolute atomic E-state index is 0.789. The second-order valence-corrected chi connectivity index (χ2v) is 15.0. The molecular formula is C32H60O2Si. The number of methoxy groups -OCH3 is 1. The predicted octanol–water partition coefficient (Wildman–Crippen LogP) is 11.2. The molecule has 35 heavy (non-hydrogen) atoms. The summed E-state index contributed by atoms with van der Waals surface area (Å²) in [6.45, 7) is 7.72. The van der Waals surface area contributed by atoms with Gasteiger partial charge in [-0.3, -0.25) is 0 Å². The van der Waals surface area contributed by atoms with Crippen LogP contribution in [0.1, 0.15) is 142 Å². The molecule has 0 atom stereocenters. The third-order valence-corrected chi connectivity index (χ3v) is 12.2. The molecule has 0 aliphatic rings. The Bertz CT molecular complexity index is 531. The molecule has 1 rings (SSSR count). The first-order valence-corrected chi connectivity index (χ1v) is 18.0. The topological polar surface area (TPSA) is 18.5 Å². The standard InChI is InChI=1S/C32H60O2Si/c1-5-8-11-14-17-20-27-35(28-21-18-15-12-9-6-2,29-22-19-16-13-10-7-3)34-30-31-23-25-32(33-4)26-24-31/h23-26H,5-22,27-30H2,1-4H3. The first-order chi connectivity index (χ1) is 17.2. The fourth-order valence-corrected chi connectivity index (χ4v) is 9.57. The van der Waals surface area contributed by atoms with Crippen LogP contribution >= 0.6 is 0 Å². The number of ether oxygens (including phenoxy) is 1. The highest BCUT2D eigenvalue weighted by molar-refractivity contribution is 6.73. The first-order valence-electron chi connectivity index (χ1n) is 15.5. The van der Waals surface area contributed by atoms with Crippen LogP contribution in [0.2, 0.25) is 18.1 Å². The maximum atomic E-state index is 7.07. The zero-order valence-electron chi connectivity index (χ0n) is 24.2. The Morgan fingerprint density at radius 2 is 0.886 bits per heavy atom. The summed E-state index contributed by atoms with van der Waals surface area (Å²) < 4.78 is 12.4. The lowest BCUT2D eigenvalue weighted by atomic mass is 10.1. The molecule has 0 aromatic heterocycles. The monoisotopic (exact) mass is 504 g/mol. The van der Waals surface area contributed by atoms with Gasteiger partial charge in [-0.05, 0) is 35.8 Å². The molecule has 0 aliphatic carbocycles. The van der Waals surface area contributed by atoms with Crippen LogP contribution in [0.4, 0.5) is 0 Å². The molecular weight excluding hydrogens is 444 g/mol. The molecule has 0 aliphatic heterocycles. The van der Waals surface area contributed by atoms with Crippen LogP contribution in [0.15, 0.2) is 24.3 Å². The van der Waals surface area contributed by atoms with Gasteiger partial charge in [0, 0.05) is 0 Å². The van der Waals surface area contributed by atoms with Gasteiger partial charge in [-0.25, -0.2) is 0 Å². The van der Waals surface area contributed by atoms with Crippen molar-refractivity contribution in [1.82, 2.24) is 0 Å². The molecule has 0 bridgehead atoms. The van der Waals surface area contributed by atoms with E-state index in [0.717, 1.165) is 12.4 Å². The number of hydrogen-bond acceptors (Lipinski definition) is 2. The van der Waals surface area contributed by atoms with Crippen LogP contribution in [0, 0.1) is 0 Å². The second-order valence-electron chi connectivity index (χ2n) is 10.9. The summed E-state index contributed by atoms with van der Waals surface area (Å²) >= 11 is 0. The summed E-state index contributed by atoms with van der Waals surface area (Å²) in [5.41, 5.74) is 1.30. The Morgan fingerprint density at radius 1 is 0.514 bits per heavy atom. The summed E-state index contributed by atoms with van der Waals surface area (Å²) in [4.78, 5) is 0. The highest BCUT2D eigenvalue weighted by atomic mass is 28.4. The SMILES string of the molecule is CCCCCCCC[Si](CCCCCCCC)(CCCCCCCC)OCc1ccc(OC)cc1. The third kappa shape index (κ3) is 16.5. The fraction of sp³-hybridized carbons (Fsp3) is 0.812. The van der Waals surface area contributed by atoms with Crippen molar-refractivity contribution in [3.63, 3.8) is 0 Å². The zero-order valence-corrected chi connectivity index (χ0v) is 25.2. The summed E-state index contributed by atoms with van der Waals surface area (Å²) in [7, 11) is 0.00411. The first kappa shape index (κ1) is 32.2. The van der Waals surface area contributed by atoms with E-state index >= 15 is 0 Å². The smallest absolute Gasteiger partial charge is 0.193 e. The van der Waals surface area contributed by atoms with Crippen molar-refractivity contribution < 1.29 is 9.16 Å². The molecule has 0 fully saturated rings. The van der Waals surface area contributed by atoms with Crippen molar-refractivity contribution in [2.24, 2.45) is 0 Å². The maximum absolute atomic E-state index is 7.07. The lowest BCUT2D eigenvalue weighted by Gasteiger charge is -2.32. The van der Waals surface area contributed by atoms with Crippen molar-refractivity contribution in [3.05, 3.63) is 29.8 Å². The van der Waals surface area contributed by atoms with Crippen LogP contribution in [-0.2, 0) is 11.0 Å². The molecule has 0 heterocycles. The van der Waals surface area contributed by atoms with E-state index in [-0.39, 0.29) is 0 Å². The summed E-state index contributed by atoms with van der Waals surface area (Å²) in [5.74, 6) is 0.934. The summed E-state index contributed by atoms with van der Waals surface area (Å²) in [6, 6.07) is 12.7. The Morgan fingerprint density at radius 3 is 1.26 bits per heavy atom. The molecule has 0 amide bonds. The van der Waals surface area contributed by atoms with Gasteiger partial charge >= 0.3 is 0 Å². The number of unbranched alkanes of at least 4 members (excludes halogenated alkanes) is 15. The second kappa shape index (κ2) is 22.4. The molecule has 0 unspecified atom stereocenters. The Balaban J connectivity index is 2.76. The van der Waals surface area contributed by atoms with Crippen molar-refractivity contribution in [3.8, 4) is 5.75 Å². The van der Waals surface area contributed by atoms with Gasteiger partial charge in [-0.15, -0.1) is 0 Å². The van der Waals surface area contributed by atoms with Gasteiger partial charge in [0.2, 0.25) is 0 Å². The molecule has 3 heteroatoms. The lowest BCUT2D eigenvalue weighted by molar-refractivity contribution is 0.280.